The minimum atomic E-state index is -0.157. The van der Waals surface area contributed by atoms with Crippen LogP contribution >= 0.6 is 23.5 Å². The predicted octanol–water partition coefficient (Wildman–Crippen LogP) is 7.94. The maximum atomic E-state index is 13.1. The smallest absolute Gasteiger partial charge is 0.236 e. The van der Waals surface area contributed by atoms with Crippen LogP contribution in [0.1, 0.15) is 75.3 Å². The number of benzene rings is 2. The average molecular weight is 551 g/mol. The molecule has 2 fully saturated rings. The van der Waals surface area contributed by atoms with Crippen LogP contribution in [0.2, 0.25) is 5.02 Å². The monoisotopic (exact) mass is 550 g/mol. The molecule has 6 heteroatoms. The first-order chi connectivity index (χ1) is 18.5. The van der Waals surface area contributed by atoms with Crippen molar-refractivity contribution in [3.63, 3.8) is 0 Å². The summed E-state index contributed by atoms with van der Waals surface area (Å²) in [6, 6.07) is 12.8. The fourth-order valence-electron chi connectivity index (χ4n) is 6.53. The van der Waals surface area contributed by atoms with Crippen LogP contribution in [0.4, 0.5) is 5.69 Å². The summed E-state index contributed by atoms with van der Waals surface area (Å²) in [4.78, 5) is 16.7. The van der Waals surface area contributed by atoms with E-state index in [1.165, 1.54) is 35.9 Å². The number of nitrogens with one attached hydrogen (secondary N) is 1. The van der Waals surface area contributed by atoms with E-state index in [9.17, 15) is 4.79 Å². The summed E-state index contributed by atoms with van der Waals surface area (Å²) in [5.74, 6) is 2.86. The first-order valence-corrected chi connectivity index (χ1v) is 15.7. The topological polar surface area (TPSA) is 41.6 Å². The van der Waals surface area contributed by atoms with Crippen LogP contribution in [0.25, 0.3) is 0 Å². The molecular formula is C32H39ClN2O2S. The second kappa shape index (κ2) is 11.2. The van der Waals surface area contributed by atoms with Crippen molar-refractivity contribution < 1.29 is 9.53 Å². The normalized spacial score (nSPS) is 27.4. The number of carbonyl (C=O) groups excluding carboxylic acids is 1. The zero-order chi connectivity index (χ0) is 26.1. The van der Waals surface area contributed by atoms with Crippen molar-refractivity contribution in [2.45, 2.75) is 75.5 Å². The van der Waals surface area contributed by atoms with E-state index in [1.807, 2.05) is 6.07 Å². The molecule has 2 bridgehead atoms. The van der Waals surface area contributed by atoms with Crippen LogP contribution in [0.15, 0.2) is 53.4 Å². The Morgan fingerprint density at radius 2 is 1.95 bits per heavy atom. The lowest BCUT2D eigenvalue weighted by atomic mass is 9.71. The molecule has 4 nitrogen and oxygen atoms in total. The number of hydrogen-bond acceptors (Lipinski definition) is 4. The molecule has 0 saturated heterocycles. The summed E-state index contributed by atoms with van der Waals surface area (Å²) in [6.45, 7) is 4.85. The Morgan fingerprint density at radius 1 is 1.08 bits per heavy atom. The van der Waals surface area contributed by atoms with Gasteiger partial charge in [-0.1, -0.05) is 43.2 Å². The van der Waals surface area contributed by atoms with Gasteiger partial charge in [0.05, 0.1) is 17.7 Å². The van der Waals surface area contributed by atoms with Crippen LogP contribution in [0.3, 0.4) is 0 Å². The fraction of sp³-hybridized carbons (Fsp3) is 0.531. The van der Waals surface area contributed by atoms with E-state index in [0.717, 1.165) is 85.3 Å². The van der Waals surface area contributed by atoms with Crippen molar-refractivity contribution in [1.29, 1.82) is 0 Å². The summed E-state index contributed by atoms with van der Waals surface area (Å²) >= 11 is 7.86. The Hall–Kier alpha value is -2.11. The van der Waals surface area contributed by atoms with E-state index >= 15 is 0 Å². The molecule has 202 valence electrons. The standard InChI is InChI=1S/C32H39ClN2O2S/c1-2-6-23-17-26(33)10-12-28(23)25-20-35-19-24-9-8-22(24)7-4-3-5-14-32(15-16-32)31(36)34-38-27-11-13-30(37-21-25)29(35)18-27/h3-4,10-13,17-18,22,24-25H,2,5-9,14-16,19-21H2,1H3,(H,34,36)/b4-3-. The Bertz CT molecular complexity index is 1210. The lowest BCUT2D eigenvalue weighted by molar-refractivity contribution is -0.124. The van der Waals surface area contributed by atoms with Crippen LogP contribution in [-0.2, 0) is 11.2 Å². The molecule has 2 heterocycles. The lowest BCUT2D eigenvalue weighted by Gasteiger charge is -2.41. The Balaban J connectivity index is 1.32. The van der Waals surface area contributed by atoms with Gasteiger partial charge in [0.15, 0.2) is 0 Å². The number of halogens is 1. The lowest BCUT2D eigenvalue weighted by Crippen LogP contribution is -2.40. The second-order valence-electron chi connectivity index (χ2n) is 11.8. The number of amides is 1. The zero-order valence-electron chi connectivity index (χ0n) is 22.4. The predicted molar refractivity (Wildman–Crippen MR) is 157 cm³/mol. The second-order valence-corrected chi connectivity index (χ2v) is 13.1. The van der Waals surface area contributed by atoms with E-state index in [-0.39, 0.29) is 17.2 Å². The SMILES string of the molecule is CCCc1cc(Cl)ccc1C1COc2ccc3cc2N(C1)CC1CCC1C/C=C\CCC1(CC1)C(=O)NS3. The van der Waals surface area contributed by atoms with Crippen molar-refractivity contribution >= 4 is 35.1 Å². The van der Waals surface area contributed by atoms with Gasteiger partial charge in [-0.15, -0.1) is 0 Å². The number of ether oxygens (including phenoxy) is 1. The third-order valence-corrected chi connectivity index (χ3v) is 10.2. The quantitative estimate of drug-likeness (QED) is 0.311. The van der Waals surface area contributed by atoms with Gasteiger partial charge in [-0.05, 0) is 117 Å². The molecule has 0 aromatic heterocycles. The van der Waals surface area contributed by atoms with Crippen molar-refractivity contribution in [2.24, 2.45) is 17.3 Å². The van der Waals surface area contributed by atoms with Crippen LogP contribution in [0.5, 0.6) is 5.75 Å². The zero-order valence-corrected chi connectivity index (χ0v) is 24.0. The molecule has 2 aromatic carbocycles. The molecule has 38 heavy (non-hydrogen) atoms. The molecule has 6 rings (SSSR count). The molecule has 2 aliphatic heterocycles. The van der Waals surface area contributed by atoms with Gasteiger partial charge in [-0.25, -0.2) is 0 Å². The molecule has 1 spiro atoms. The summed E-state index contributed by atoms with van der Waals surface area (Å²) in [7, 11) is 0. The highest BCUT2D eigenvalue weighted by atomic mass is 35.5. The molecule has 2 aromatic rings. The number of carbonyl (C=O) groups is 1. The van der Waals surface area contributed by atoms with E-state index in [0.29, 0.717) is 12.5 Å². The van der Waals surface area contributed by atoms with Crippen LogP contribution in [-0.4, -0.2) is 25.6 Å². The van der Waals surface area contributed by atoms with E-state index < -0.39 is 0 Å². The molecule has 3 unspecified atom stereocenters. The molecule has 2 aliphatic carbocycles. The van der Waals surface area contributed by atoms with E-state index in [1.54, 1.807) is 0 Å². The van der Waals surface area contributed by atoms with Gasteiger partial charge >= 0.3 is 0 Å². The Morgan fingerprint density at radius 3 is 2.74 bits per heavy atom. The highest BCUT2D eigenvalue weighted by Gasteiger charge is 2.49. The Kier molecular flexibility index (Phi) is 7.68. The molecule has 1 amide bonds. The number of aryl methyl sites for hydroxylation is 1. The minimum absolute atomic E-state index is 0.157. The summed E-state index contributed by atoms with van der Waals surface area (Å²) in [5, 5.41) is 0.807. The number of anilines is 1. The van der Waals surface area contributed by atoms with Crippen LogP contribution in [0, 0.1) is 17.3 Å². The van der Waals surface area contributed by atoms with Gasteiger partial charge in [-0.2, -0.15) is 0 Å². The van der Waals surface area contributed by atoms with E-state index in [2.05, 4.69) is 59.0 Å². The van der Waals surface area contributed by atoms with Crippen LogP contribution < -0.4 is 14.4 Å². The van der Waals surface area contributed by atoms with Crippen molar-refractivity contribution in [2.75, 3.05) is 24.6 Å². The third-order valence-electron chi connectivity index (χ3n) is 9.24. The van der Waals surface area contributed by atoms with Gasteiger partial charge in [0, 0.05) is 28.9 Å². The first-order valence-electron chi connectivity index (χ1n) is 14.5. The average Bonchev–Trinajstić information content (AvgIpc) is 3.71. The Labute approximate surface area is 236 Å². The molecule has 1 N–H and O–H groups in total. The molecule has 4 aliphatic rings. The number of fused-ring (bicyclic) bond motifs is 2. The molecule has 2 saturated carbocycles. The van der Waals surface area contributed by atoms with Gasteiger partial charge in [0.25, 0.3) is 0 Å². The summed E-state index contributed by atoms with van der Waals surface area (Å²) in [6.07, 6.45) is 14.6. The fourth-order valence-corrected chi connectivity index (χ4v) is 7.46. The molecular weight excluding hydrogens is 512 g/mol. The van der Waals surface area contributed by atoms with Crippen molar-refractivity contribution in [1.82, 2.24) is 4.72 Å². The highest BCUT2D eigenvalue weighted by Crippen LogP contribution is 2.51. The van der Waals surface area contributed by atoms with Gasteiger partial charge in [0.1, 0.15) is 5.75 Å². The summed E-state index contributed by atoms with van der Waals surface area (Å²) in [5.41, 5.74) is 3.71. The highest BCUT2D eigenvalue weighted by molar-refractivity contribution is 7.98. The number of hydrogen-bond donors (Lipinski definition) is 1. The number of nitrogens with zero attached hydrogens (tertiary/aromatic N) is 1. The third kappa shape index (κ3) is 5.47. The summed E-state index contributed by atoms with van der Waals surface area (Å²) < 4.78 is 9.69. The van der Waals surface area contributed by atoms with Gasteiger partial charge in [0.2, 0.25) is 5.91 Å². The largest absolute Gasteiger partial charge is 0.491 e. The number of rotatable bonds is 3. The van der Waals surface area contributed by atoms with Gasteiger partial charge < -0.3 is 9.64 Å². The van der Waals surface area contributed by atoms with Gasteiger partial charge in [-0.3, -0.25) is 9.52 Å². The first kappa shape index (κ1) is 26.1. The van der Waals surface area contributed by atoms with Crippen molar-refractivity contribution in [3.05, 3.63) is 64.7 Å². The van der Waals surface area contributed by atoms with Crippen molar-refractivity contribution in [3.8, 4) is 5.75 Å². The maximum absolute atomic E-state index is 13.1. The number of allylic oxidation sites excluding steroid dienone is 2. The van der Waals surface area contributed by atoms with E-state index in [4.69, 9.17) is 16.3 Å². The maximum Gasteiger partial charge on any atom is 0.236 e. The molecule has 0 radical (unpaired) electrons. The minimum Gasteiger partial charge on any atom is -0.491 e. The molecule has 3 atom stereocenters.